The third kappa shape index (κ3) is 5.60. The van der Waals surface area contributed by atoms with Crippen molar-refractivity contribution in [2.75, 3.05) is 30.9 Å². The van der Waals surface area contributed by atoms with E-state index in [2.05, 4.69) is 28.0 Å². The van der Waals surface area contributed by atoms with Crippen LogP contribution in [0.15, 0.2) is 71.5 Å². The van der Waals surface area contributed by atoms with Gasteiger partial charge in [0.1, 0.15) is 6.04 Å². The molecule has 2 heterocycles. The second kappa shape index (κ2) is 11.0. The Morgan fingerprint density at radius 1 is 1.29 bits per heavy atom. The molecule has 0 saturated heterocycles. The Hall–Kier alpha value is -4.84. The van der Waals surface area contributed by atoms with Crippen molar-refractivity contribution in [3.63, 3.8) is 0 Å². The van der Waals surface area contributed by atoms with E-state index in [0.29, 0.717) is 16.8 Å². The lowest BCUT2D eigenvalue weighted by Crippen LogP contribution is -2.31. The third-order valence-corrected chi connectivity index (χ3v) is 5.77. The van der Waals surface area contributed by atoms with E-state index < -0.39 is 17.8 Å². The first kappa shape index (κ1) is 27.7. The van der Waals surface area contributed by atoms with Crippen molar-refractivity contribution in [1.82, 2.24) is 19.7 Å². The lowest BCUT2D eigenvalue weighted by atomic mass is 9.96. The summed E-state index contributed by atoms with van der Waals surface area (Å²) in [5.74, 6) is -0.0994. The highest BCUT2D eigenvalue weighted by molar-refractivity contribution is 5.80. The van der Waals surface area contributed by atoms with Crippen molar-refractivity contribution >= 4 is 23.5 Å². The fourth-order valence-corrected chi connectivity index (χ4v) is 3.72. The molecular formula is C26H25F3N8O. The van der Waals surface area contributed by atoms with Crippen molar-refractivity contribution in [3.05, 3.63) is 77.1 Å². The molecule has 3 rings (SSSR count). The van der Waals surface area contributed by atoms with Crippen LogP contribution in [-0.2, 0) is 11.0 Å². The average molecular weight is 523 g/mol. The highest BCUT2D eigenvalue weighted by Gasteiger charge is 2.37. The van der Waals surface area contributed by atoms with Crippen molar-refractivity contribution in [2.24, 2.45) is 0 Å². The molecule has 0 aliphatic carbocycles. The molecule has 0 unspecified atom stereocenters. The van der Waals surface area contributed by atoms with Crippen LogP contribution in [-0.4, -0.2) is 46.2 Å². The number of benzene rings is 1. The van der Waals surface area contributed by atoms with E-state index in [4.69, 9.17) is 0 Å². The Labute approximate surface area is 218 Å². The molecule has 38 heavy (non-hydrogen) atoms. The molecule has 1 amide bonds. The van der Waals surface area contributed by atoms with Crippen LogP contribution in [0.25, 0.3) is 0 Å². The summed E-state index contributed by atoms with van der Waals surface area (Å²) in [5.41, 5.74) is 0.511. The number of fused-ring (bicyclic) bond motifs is 1. The molecule has 0 spiro atoms. The first-order valence-corrected chi connectivity index (χ1v) is 11.3. The largest absolute Gasteiger partial charge is 0.416 e. The Bertz CT molecular complexity index is 1430. The number of hydrogen-bond donors (Lipinski definition) is 1. The summed E-state index contributed by atoms with van der Waals surface area (Å²) in [6.45, 7) is 7.22. The standard InChI is InChI=1S/C26H25F3N8O/c1-6-18(13-30)11-10-16(2)23-21(14-31)17(3)36(20-9-7-8-19(12-20)26(27,28)29)25-33-24(34-37(23)25)32-15-22(38)35(4)5/h6-12,23H,2,15H2,1,3-5H3,(H,32,34)/b11-10-,18-6+/t23-/m1/s1. The number of likely N-dealkylation sites (N-methyl/N-ethyl adjacent to an activating group) is 1. The van der Waals surface area contributed by atoms with E-state index in [1.807, 2.05) is 6.07 Å². The normalized spacial score (nSPS) is 15.7. The highest BCUT2D eigenvalue weighted by Crippen LogP contribution is 2.43. The van der Waals surface area contributed by atoms with Gasteiger partial charge in [0.05, 0.1) is 29.8 Å². The SMILES string of the molecule is C=C(/C=C\C(C#N)=C/C)[C@@H]1C(C#N)=C(C)N(c2cccc(C(F)(F)F)c2)c2nc(NCC(=O)N(C)C)nn21. The summed E-state index contributed by atoms with van der Waals surface area (Å²) in [5, 5.41) is 26.6. The maximum Gasteiger partial charge on any atom is 0.416 e. The summed E-state index contributed by atoms with van der Waals surface area (Å²) in [7, 11) is 3.17. The predicted octanol–water partition coefficient (Wildman–Crippen LogP) is 4.87. The number of halogens is 3. The van der Waals surface area contributed by atoms with Gasteiger partial charge in [0.2, 0.25) is 17.8 Å². The second-order valence-corrected chi connectivity index (χ2v) is 8.48. The Balaban J connectivity index is 2.19. The summed E-state index contributed by atoms with van der Waals surface area (Å²) >= 11 is 0. The number of nitrogens with one attached hydrogen (secondary N) is 1. The number of allylic oxidation sites excluding steroid dienone is 7. The molecule has 1 aliphatic rings. The maximum absolute atomic E-state index is 13.5. The smallest absolute Gasteiger partial charge is 0.347 e. The number of nitriles is 2. The Morgan fingerprint density at radius 2 is 2.00 bits per heavy atom. The van der Waals surface area contributed by atoms with Crippen LogP contribution in [0.2, 0.25) is 0 Å². The minimum Gasteiger partial charge on any atom is -0.347 e. The van der Waals surface area contributed by atoms with E-state index in [9.17, 15) is 28.5 Å². The van der Waals surface area contributed by atoms with Crippen molar-refractivity contribution < 1.29 is 18.0 Å². The van der Waals surface area contributed by atoms with Crippen LogP contribution in [0.4, 0.5) is 30.8 Å². The Morgan fingerprint density at radius 3 is 2.58 bits per heavy atom. The number of carbonyl (C=O) groups excluding carboxylic acids is 1. The molecule has 1 N–H and O–H groups in total. The molecule has 12 heteroatoms. The van der Waals surface area contributed by atoms with Crippen molar-refractivity contribution in [3.8, 4) is 12.1 Å². The van der Waals surface area contributed by atoms with Crippen LogP contribution >= 0.6 is 0 Å². The van der Waals surface area contributed by atoms with Crippen LogP contribution in [0.3, 0.4) is 0 Å². The second-order valence-electron chi connectivity index (χ2n) is 8.48. The molecule has 0 radical (unpaired) electrons. The average Bonchev–Trinajstić information content (AvgIpc) is 3.29. The topological polar surface area (TPSA) is 114 Å². The molecule has 1 aliphatic heterocycles. The maximum atomic E-state index is 13.5. The molecule has 9 nitrogen and oxygen atoms in total. The number of hydrogen-bond acceptors (Lipinski definition) is 7. The van der Waals surface area contributed by atoms with Crippen molar-refractivity contribution in [2.45, 2.75) is 26.1 Å². The molecule has 196 valence electrons. The molecule has 0 fully saturated rings. The lowest BCUT2D eigenvalue weighted by molar-refractivity contribution is -0.137. The van der Waals surface area contributed by atoms with Gasteiger partial charge in [-0.25, -0.2) is 4.68 Å². The van der Waals surface area contributed by atoms with Gasteiger partial charge in [-0.15, -0.1) is 5.10 Å². The van der Waals surface area contributed by atoms with E-state index in [-0.39, 0.29) is 35.6 Å². The fourth-order valence-electron chi connectivity index (χ4n) is 3.72. The molecule has 2 aromatic rings. The van der Waals surface area contributed by atoms with Crippen LogP contribution in [0.5, 0.6) is 0 Å². The van der Waals surface area contributed by atoms with E-state index in [1.54, 1.807) is 40.1 Å². The lowest BCUT2D eigenvalue weighted by Gasteiger charge is -2.34. The van der Waals surface area contributed by atoms with E-state index in [0.717, 1.165) is 12.1 Å². The summed E-state index contributed by atoms with van der Waals surface area (Å²) in [6.07, 6.45) is 0.136. The van der Waals surface area contributed by atoms with Gasteiger partial charge in [-0.2, -0.15) is 28.7 Å². The summed E-state index contributed by atoms with van der Waals surface area (Å²) in [6, 6.07) is 7.94. The van der Waals surface area contributed by atoms with Gasteiger partial charge >= 0.3 is 6.18 Å². The van der Waals surface area contributed by atoms with Gasteiger partial charge in [0.25, 0.3) is 0 Å². The fraction of sp³-hybridized carbons (Fsp3) is 0.269. The van der Waals surface area contributed by atoms with Gasteiger partial charge in [-0.1, -0.05) is 24.8 Å². The number of nitrogens with zero attached hydrogens (tertiary/aromatic N) is 7. The van der Waals surface area contributed by atoms with Gasteiger partial charge in [-0.05, 0) is 43.7 Å². The van der Waals surface area contributed by atoms with E-state index in [1.165, 1.54) is 32.7 Å². The number of alkyl halides is 3. The number of aromatic nitrogens is 3. The molecule has 1 aromatic carbocycles. The molecular weight excluding hydrogens is 497 g/mol. The summed E-state index contributed by atoms with van der Waals surface area (Å²) in [4.78, 5) is 19.3. The molecule has 1 aromatic heterocycles. The van der Waals surface area contributed by atoms with Gasteiger partial charge in [0.15, 0.2) is 0 Å². The quantitative estimate of drug-likeness (QED) is 0.408. The Kier molecular flexibility index (Phi) is 8.07. The monoisotopic (exact) mass is 522 g/mol. The van der Waals surface area contributed by atoms with Gasteiger partial charge in [-0.3, -0.25) is 9.69 Å². The van der Waals surface area contributed by atoms with Crippen LogP contribution in [0, 0.1) is 22.7 Å². The minimum atomic E-state index is -4.58. The van der Waals surface area contributed by atoms with Gasteiger partial charge < -0.3 is 10.2 Å². The molecule has 0 bridgehead atoms. The number of amides is 1. The molecule has 1 atom stereocenters. The molecule has 0 saturated carbocycles. The van der Waals surface area contributed by atoms with Crippen LogP contribution < -0.4 is 10.2 Å². The van der Waals surface area contributed by atoms with Crippen molar-refractivity contribution in [1.29, 1.82) is 10.5 Å². The zero-order valence-corrected chi connectivity index (χ0v) is 21.2. The van der Waals surface area contributed by atoms with E-state index >= 15 is 0 Å². The zero-order valence-electron chi connectivity index (χ0n) is 21.2. The van der Waals surface area contributed by atoms with Gasteiger partial charge in [0, 0.05) is 31.1 Å². The minimum absolute atomic E-state index is 0.0344. The first-order valence-electron chi connectivity index (χ1n) is 11.3. The first-order chi connectivity index (χ1) is 17.9. The third-order valence-electron chi connectivity index (χ3n) is 5.77. The number of anilines is 3. The number of carbonyl (C=O) groups is 1. The predicted molar refractivity (Wildman–Crippen MR) is 136 cm³/mol. The highest BCUT2D eigenvalue weighted by atomic mass is 19.4. The summed E-state index contributed by atoms with van der Waals surface area (Å²) < 4.78 is 41.8. The van der Waals surface area contributed by atoms with Crippen LogP contribution in [0.1, 0.15) is 25.5 Å². The zero-order chi connectivity index (χ0) is 28.2. The number of rotatable bonds is 7.